The molecule has 0 radical (unpaired) electrons. The predicted octanol–water partition coefficient (Wildman–Crippen LogP) is 5.82. The van der Waals surface area contributed by atoms with Gasteiger partial charge in [0.2, 0.25) is 0 Å². The predicted molar refractivity (Wildman–Crippen MR) is 95.0 cm³/mol. The topological polar surface area (TPSA) is 12.4 Å². The van der Waals surface area contributed by atoms with E-state index in [1.807, 2.05) is 36.5 Å². The molecular weight excluding hydrogens is 266 g/mol. The monoisotopic (exact) mass is 287 g/mol. The molecule has 0 saturated heterocycles. The van der Waals surface area contributed by atoms with Crippen LogP contribution in [0.25, 0.3) is 0 Å². The van der Waals surface area contributed by atoms with E-state index in [-0.39, 0.29) is 0 Å². The van der Waals surface area contributed by atoms with E-state index in [2.05, 4.69) is 56.1 Å². The Morgan fingerprint density at radius 3 is 2.23 bits per heavy atom. The van der Waals surface area contributed by atoms with Crippen molar-refractivity contribution in [3.63, 3.8) is 0 Å². The Kier molecular flexibility index (Phi) is 4.06. The third kappa shape index (κ3) is 2.80. The first-order chi connectivity index (χ1) is 10.7. The summed E-state index contributed by atoms with van der Waals surface area (Å²) in [7, 11) is 0. The van der Waals surface area contributed by atoms with Gasteiger partial charge in [-0.2, -0.15) is 0 Å². The molecule has 2 aromatic carbocycles. The summed E-state index contributed by atoms with van der Waals surface area (Å²) in [5, 5.41) is 0. The van der Waals surface area contributed by atoms with Gasteiger partial charge in [0, 0.05) is 12.1 Å². The van der Waals surface area contributed by atoms with Crippen molar-refractivity contribution >= 4 is 11.9 Å². The van der Waals surface area contributed by atoms with Crippen molar-refractivity contribution in [1.29, 1.82) is 0 Å². The first-order valence-electron chi connectivity index (χ1n) is 7.71. The zero-order valence-electron chi connectivity index (χ0n) is 13.4. The lowest BCUT2D eigenvalue weighted by molar-refractivity contribution is 1.000. The van der Waals surface area contributed by atoms with Crippen molar-refractivity contribution in [2.45, 2.75) is 26.7 Å². The molecule has 1 nitrogen and oxygen atoms in total. The van der Waals surface area contributed by atoms with Crippen LogP contribution in [-0.4, -0.2) is 6.21 Å². The van der Waals surface area contributed by atoms with Crippen molar-refractivity contribution in [2.24, 2.45) is 4.99 Å². The average Bonchev–Trinajstić information content (AvgIpc) is 2.82. The minimum atomic E-state index is 0.374. The minimum absolute atomic E-state index is 0.374. The minimum Gasteiger partial charge on any atom is -0.256 e. The Balaban J connectivity index is 1.97. The molecule has 110 valence electrons. The van der Waals surface area contributed by atoms with Crippen molar-refractivity contribution in [2.75, 3.05) is 0 Å². The number of nitrogens with zero attached hydrogens (tertiary/aromatic N) is 1. The van der Waals surface area contributed by atoms with Gasteiger partial charge in [0.25, 0.3) is 0 Å². The first kappa shape index (κ1) is 14.5. The Hall–Kier alpha value is -2.41. The summed E-state index contributed by atoms with van der Waals surface area (Å²) in [6.45, 7) is 6.64. The molecule has 0 aliphatic heterocycles. The van der Waals surface area contributed by atoms with Crippen molar-refractivity contribution in [3.8, 4) is 0 Å². The quantitative estimate of drug-likeness (QED) is 0.631. The molecule has 1 heteroatoms. The van der Waals surface area contributed by atoms with Gasteiger partial charge in [-0.1, -0.05) is 59.7 Å². The van der Waals surface area contributed by atoms with Crippen LogP contribution in [0.15, 0.2) is 82.4 Å². The number of hydrogen-bond acceptors (Lipinski definition) is 1. The third-order valence-electron chi connectivity index (χ3n) is 4.51. The number of allylic oxidation sites excluding steroid dienone is 4. The molecule has 3 rings (SSSR count). The summed E-state index contributed by atoms with van der Waals surface area (Å²) >= 11 is 0. The fourth-order valence-corrected chi connectivity index (χ4v) is 2.94. The summed E-state index contributed by atoms with van der Waals surface area (Å²) in [6, 6.07) is 18.6. The molecule has 0 saturated carbocycles. The van der Waals surface area contributed by atoms with E-state index in [0.29, 0.717) is 5.92 Å². The summed E-state index contributed by atoms with van der Waals surface area (Å²) in [5.41, 5.74) is 7.75. The molecule has 1 atom stereocenters. The summed E-state index contributed by atoms with van der Waals surface area (Å²) in [5.74, 6) is 0.374. The van der Waals surface area contributed by atoms with E-state index in [9.17, 15) is 0 Å². The van der Waals surface area contributed by atoms with Gasteiger partial charge in [-0.25, -0.2) is 0 Å². The van der Waals surface area contributed by atoms with Crippen LogP contribution in [0, 0.1) is 0 Å². The number of rotatable bonds is 3. The Labute approximate surface area is 132 Å². The Bertz CT molecular complexity index is 764. The van der Waals surface area contributed by atoms with Crippen molar-refractivity contribution < 1.29 is 0 Å². The number of benzene rings is 2. The summed E-state index contributed by atoms with van der Waals surface area (Å²) < 4.78 is 0. The van der Waals surface area contributed by atoms with E-state index in [1.165, 1.54) is 27.8 Å². The zero-order chi connectivity index (χ0) is 15.5. The van der Waals surface area contributed by atoms with Crippen molar-refractivity contribution in [3.05, 3.63) is 88.5 Å². The maximum absolute atomic E-state index is 4.61. The van der Waals surface area contributed by atoms with Gasteiger partial charge in [-0.05, 0) is 49.6 Å². The van der Waals surface area contributed by atoms with Gasteiger partial charge in [-0.15, -0.1) is 0 Å². The lowest BCUT2D eigenvalue weighted by Gasteiger charge is -2.14. The number of para-hydroxylation sites is 1. The van der Waals surface area contributed by atoms with E-state index in [1.54, 1.807) is 0 Å². The second-order valence-electron chi connectivity index (χ2n) is 5.86. The molecular formula is C21H21N. The van der Waals surface area contributed by atoms with Crippen LogP contribution in [-0.2, 0) is 0 Å². The highest BCUT2D eigenvalue weighted by Gasteiger charge is 2.21. The lowest BCUT2D eigenvalue weighted by atomic mass is 9.90. The number of aliphatic imine (C=N–C) groups is 1. The highest BCUT2D eigenvalue weighted by atomic mass is 14.7. The molecule has 1 unspecified atom stereocenters. The maximum Gasteiger partial charge on any atom is 0.0629 e. The normalized spacial score (nSPS) is 18.1. The molecule has 0 N–H and O–H groups in total. The van der Waals surface area contributed by atoms with Gasteiger partial charge < -0.3 is 0 Å². The van der Waals surface area contributed by atoms with Crippen LogP contribution in [0.2, 0.25) is 0 Å². The van der Waals surface area contributed by atoms with E-state index in [0.717, 1.165) is 5.69 Å². The van der Waals surface area contributed by atoms with Crippen LogP contribution in [0.3, 0.4) is 0 Å². The largest absolute Gasteiger partial charge is 0.256 e. The second-order valence-corrected chi connectivity index (χ2v) is 5.86. The molecule has 0 amide bonds. The van der Waals surface area contributed by atoms with Crippen LogP contribution in [0.1, 0.15) is 37.8 Å². The first-order valence-corrected chi connectivity index (χ1v) is 7.71. The summed E-state index contributed by atoms with van der Waals surface area (Å²) in [4.78, 5) is 4.61. The Morgan fingerprint density at radius 2 is 1.55 bits per heavy atom. The van der Waals surface area contributed by atoms with E-state index < -0.39 is 0 Å². The smallest absolute Gasteiger partial charge is 0.0629 e. The molecule has 0 spiro atoms. The molecule has 0 bridgehead atoms. The molecule has 2 aromatic rings. The van der Waals surface area contributed by atoms with Gasteiger partial charge in [0.1, 0.15) is 0 Å². The third-order valence-corrected chi connectivity index (χ3v) is 4.51. The SMILES string of the molecule is CC1=CC(c2ccccc2C=Nc2ccccc2)C(C)=C1C. The second kappa shape index (κ2) is 6.15. The van der Waals surface area contributed by atoms with E-state index >= 15 is 0 Å². The van der Waals surface area contributed by atoms with Crippen LogP contribution >= 0.6 is 0 Å². The van der Waals surface area contributed by atoms with Gasteiger partial charge in [-0.3, -0.25) is 4.99 Å². The highest BCUT2D eigenvalue weighted by molar-refractivity contribution is 5.84. The molecule has 1 aliphatic rings. The maximum atomic E-state index is 4.61. The standard InChI is InChI=1S/C21H21N/c1-15-13-21(17(3)16(15)2)20-12-8-7-9-18(20)14-22-19-10-5-4-6-11-19/h4-14,21H,1-3H3. The van der Waals surface area contributed by atoms with Crippen LogP contribution in [0.4, 0.5) is 5.69 Å². The molecule has 0 aromatic heterocycles. The Morgan fingerprint density at radius 1 is 0.864 bits per heavy atom. The van der Waals surface area contributed by atoms with Crippen LogP contribution < -0.4 is 0 Å². The molecule has 0 heterocycles. The van der Waals surface area contributed by atoms with E-state index in [4.69, 9.17) is 0 Å². The fraction of sp³-hybridized carbons (Fsp3) is 0.190. The van der Waals surface area contributed by atoms with Gasteiger partial charge in [0.05, 0.1) is 5.69 Å². The molecule has 22 heavy (non-hydrogen) atoms. The average molecular weight is 287 g/mol. The zero-order valence-corrected chi connectivity index (χ0v) is 13.4. The van der Waals surface area contributed by atoms with Crippen molar-refractivity contribution in [1.82, 2.24) is 0 Å². The van der Waals surface area contributed by atoms with Crippen LogP contribution in [0.5, 0.6) is 0 Å². The fourth-order valence-electron chi connectivity index (χ4n) is 2.94. The summed E-state index contributed by atoms with van der Waals surface area (Å²) in [6.07, 6.45) is 4.34. The molecule has 1 aliphatic carbocycles. The van der Waals surface area contributed by atoms with Gasteiger partial charge in [0.15, 0.2) is 0 Å². The highest BCUT2D eigenvalue weighted by Crippen LogP contribution is 2.38. The molecule has 0 fully saturated rings. The number of hydrogen-bond donors (Lipinski definition) is 0. The lowest BCUT2D eigenvalue weighted by Crippen LogP contribution is -2.00. The van der Waals surface area contributed by atoms with Gasteiger partial charge >= 0.3 is 0 Å².